The van der Waals surface area contributed by atoms with Crippen molar-refractivity contribution in [3.63, 3.8) is 0 Å². The lowest BCUT2D eigenvalue weighted by atomic mass is 10.1. The first kappa shape index (κ1) is 16.1. The molecule has 1 aromatic carbocycles. The summed E-state index contributed by atoms with van der Waals surface area (Å²) >= 11 is 7.49. The zero-order valence-electron chi connectivity index (χ0n) is 12.3. The second kappa shape index (κ2) is 7.11. The Morgan fingerprint density at radius 1 is 1.33 bits per heavy atom. The zero-order chi connectivity index (χ0) is 15.4. The molecular weight excluding hydrogens is 306 g/mol. The second-order valence-electron chi connectivity index (χ2n) is 4.97. The summed E-state index contributed by atoms with van der Waals surface area (Å²) in [5, 5.41) is 1.48. The maximum atomic E-state index is 12.5. The molecule has 0 amide bonds. The summed E-state index contributed by atoms with van der Waals surface area (Å²) in [4.78, 5) is 18.9. The minimum absolute atomic E-state index is 0.0406. The fourth-order valence-corrected chi connectivity index (χ4v) is 2.99. The number of thioether (sulfide) groups is 1. The summed E-state index contributed by atoms with van der Waals surface area (Å²) < 4.78 is 1.84. The molecule has 0 bridgehead atoms. The van der Waals surface area contributed by atoms with Gasteiger partial charge in [0, 0.05) is 29.9 Å². The van der Waals surface area contributed by atoms with Crippen LogP contribution in [0.1, 0.15) is 16.1 Å². The Balaban J connectivity index is 2.12. The van der Waals surface area contributed by atoms with Gasteiger partial charge in [-0.1, -0.05) is 23.4 Å². The molecule has 0 aliphatic rings. The van der Waals surface area contributed by atoms with E-state index in [1.807, 2.05) is 25.7 Å². The minimum atomic E-state index is -0.0406. The van der Waals surface area contributed by atoms with Gasteiger partial charge in [0.1, 0.15) is 5.69 Å². The average Bonchev–Trinajstić information content (AvgIpc) is 2.80. The lowest BCUT2D eigenvalue weighted by molar-refractivity contribution is 0.103. The number of rotatable bonds is 6. The Morgan fingerprint density at radius 2 is 2.00 bits per heavy atom. The Morgan fingerprint density at radius 3 is 2.62 bits per heavy atom. The lowest BCUT2D eigenvalue weighted by Gasteiger charge is -2.09. The Kier molecular flexibility index (Phi) is 5.45. The maximum Gasteiger partial charge on any atom is 0.211 e. The Labute approximate surface area is 134 Å². The standard InChI is InChI=1S/C15H18ClN3OS/c1-18(2)8-9-21-15-17-10-13(19(15)3)14(20)11-4-6-12(16)7-5-11/h4-7,10H,8-9H2,1-3H3. The zero-order valence-corrected chi connectivity index (χ0v) is 13.9. The molecule has 6 heteroatoms. The van der Waals surface area contributed by atoms with Crippen molar-refractivity contribution in [1.29, 1.82) is 0 Å². The number of halogens is 1. The van der Waals surface area contributed by atoms with Gasteiger partial charge in [0.15, 0.2) is 5.16 Å². The predicted molar refractivity (Wildman–Crippen MR) is 87.4 cm³/mol. The van der Waals surface area contributed by atoms with Gasteiger partial charge in [-0.2, -0.15) is 0 Å². The molecule has 0 saturated carbocycles. The van der Waals surface area contributed by atoms with Crippen molar-refractivity contribution in [2.24, 2.45) is 7.05 Å². The largest absolute Gasteiger partial charge is 0.319 e. The molecule has 2 rings (SSSR count). The number of carbonyl (C=O) groups excluding carboxylic acids is 1. The van der Waals surface area contributed by atoms with E-state index < -0.39 is 0 Å². The van der Waals surface area contributed by atoms with Crippen LogP contribution in [0.4, 0.5) is 0 Å². The van der Waals surface area contributed by atoms with Gasteiger partial charge in [0.05, 0.1) is 6.20 Å². The maximum absolute atomic E-state index is 12.5. The first-order valence-electron chi connectivity index (χ1n) is 6.58. The molecule has 0 N–H and O–H groups in total. The lowest BCUT2D eigenvalue weighted by Crippen LogP contribution is -2.15. The van der Waals surface area contributed by atoms with Crippen molar-refractivity contribution in [3.05, 3.63) is 46.7 Å². The highest BCUT2D eigenvalue weighted by atomic mass is 35.5. The van der Waals surface area contributed by atoms with Crippen molar-refractivity contribution in [2.45, 2.75) is 5.16 Å². The molecule has 0 saturated heterocycles. The highest BCUT2D eigenvalue weighted by molar-refractivity contribution is 7.99. The molecular formula is C15H18ClN3OS. The summed E-state index contributed by atoms with van der Waals surface area (Å²) in [6, 6.07) is 6.91. The summed E-state index contributed by atoms with van der Waals surface area (Å²) in [6.07, 6.45) is 1.63. The minimum Gasteiger partial charge on any atom is -0.319 e. The number of benzene rings is 1. The molecule has 0 aliphatic carbocycles. The summed E-state index contributed by atoms with van der Waals surface area (Å²) in [7, 11) is 5.94. The van der Waals surface area contributed by atoms with E-state index in [0.29, 0.717) is 16.3 Å². The van der Waals surface area contributed by atoms with Crippen molar-refractivity contribution in [2.75, 3.05) is 26.4 Å². The molecule has 0 atom stereocenters. The van der Waals surface area contributed by atoms with Crippen molar-refractivity contribution >= 4 is 29.1 Å². The third-order valence-electron chi connectivity index (χ3n) is 3.05. The molecule has 0 fully saturated rings. The summed E-state index contributed by atoms with van der Waals surface area (Å²) in [5.41, 5.74) is 1.21. The molecule has 0 spiro atoms. The van der Waals surface area contributed by atoms with Crippen LogP contribution in [0.2, 0.25) is 5.02 Å². The molecule has 0 aliphatic heterocycles. The molecule has 1 heterocycles. The van der Waals surface area contributed by atoms with Crippen molar-refractivity contribution in [1.82, 2.24) is 14.5 Å². The third kappa shape index (κ3) is 4.09. The van der Waals surface area contributed by atoms with Crippen LogP contribution in [0.25, 0.3) is 0 Å². The van der Waals surface area contributed by atoms with E-state index in [1.165, 1.54) is 0 Å². The van der Waals surface area contributed by atoms with Crippen LogP contribution in [0, 0.1) is 0 Å². The number of aromatic nitrogens is 2. The third-order valence-corrected chi connectivity index (χ3v) is 4.33. The van der Waals surface area contributed by atoms with E-state index in [2.05, 4.69) is 9.88 Å². The van der Waals surface area contributed by atoms with Crippen LogP contribution in [-0.2, 0) is 7.05 Å². The van der Waals surface area contributed by atoms with E-state index in [1.54, 1.807) is 42.2 Å². The number of nitrogens with zero attached hydrogens (tertiary/aromatic N) is 3. The van der Waals surface area contributed by atoms with E-state index in [0.717, 1.165) is 17.5 Å². The van der Waals surface area contributed by atoms with E-state index in [9.17, 15) is 4.79 Å². The number of carbonyl (C=O) groups is 1. The highest BCUT2D eigenvalue weighted by Crippen LogP contribution is 2.20. The Bertz CT molecular complexity index is 622. The topological polar surface area (TPSA) is 38.1 Å². The van der Waals surface area contributed by atoms with Crippen LogP contribution >= 0.6 is 23.4 Å². The summed E-state index contributed by atoms with van der Waals surface area (Å²) in [5.74, 6) is 0.896. The first-order valence-corrected chi connectivity index (χ1v) is 7.95. The molecule has 21 heavy (non-hydrogen) atoms. The number of ketones is 1. The quantitative estimate of drug-likeness (QED) is 0.605. The molecule has 4 nitrogen and oxygen atoms in total. The molecule has 2 aromatic rings. The van der Waals surface area contributed by atoms with Gasteiger partial charge >= 0.3 is 0 Å². The highest BCUT2D eigenvalue weighted by Gasteiger charge is 2.16. The fourth-order valence-electron chi connectivity index (χ4n) is 1.81. The predicted octanol–water partition coefficient (Wildman–Crippen LogP) is 2.96. The van der Waals surface area contributed by atoms with Crippen molar-refractivity contribution < 1.29 is 4.79 Å². The van der Waals surface area contributed by atoms with Crippen molar-refractivity contribution in [3.8, 4) is 0 Å². The smallest absolute Gasteiger partial charge is 0.211 e. The fraction of sp³-hybridized carbons (Fsp3) is 0.333. The van der Waals surface area contributed by atoms with Crippen LogP contribution in [0.5, 0.6) is 0 Å². The Hall–Kier alpha value is -1.30. The number of imidazole rings is 1. The normalized spacial score (nSPS) is 11.1. The monoisotopic (exact) mass is 323 g/mol. The molecule has 0 radical (unpaired) electrons. The van der Waals surface area contributed by atoms with E-state index in [-0.39, 0.29) is 5.78 Å². The van der Waals surface area contributed by atoms with Gasteiger partial charge in [0.2, 0.25) is 5.78 Å². The number of hydrogen-bond acceptors (Lipinski definition) is 4. The average molecular weight is 324 g/mol. The molecule has 0 unspecified atom stereocenters. The molecule has 112 valence electrons. The van der Waals surface area contributed by atoms with Gasteiger partial charge in [0.25, 0.3) is 0 Å². The van der Waals surface area contributed by atoms with Crippen LogP contribution in [0.15, 0.2) is 35.6 Å². The second-order valence-corrected chi connectivity index (χ2v) is 6.47. The summed E-state index contributed by atoms with van der Waals surface area (Å²) in [6.45, 7) is 0.970. The van der Waals surface area contributed by atoms with Crippen LogP contribution in [-0.4, -0.2) is 46.6 Å². The first-order chi connectivity index (χ1) is 9.99. The van der Waals surface area contributed by atoms with Gasteiger partial charge in [-0.15, -0.1) is 0 Å². The van der Waals surface area contributed by atoms with Gasteiger partial charge in [-0.05, 0) is 38.4 Å². The van der Waals surface area contributed by atoms with E-state index in [4.69, 9.17) is 11.6 Å². The van der Waals surface area contributed by atoms with E-state index >= 15 is 0 Å². The number of hydrogen-bond donors (Lipinski definition) is 0. The molecule has 1 aromatic heterocycles. The van der Waals surface area contributed by atoms with Gasteiger partial charge < -0.3 is 9.47 Å². The van der Waals surface area contributed by atoms with Crippen LogP contribution < -0.4 is 0 Å². The van der Waals surface area contributed by atoms with Gasteiger partial charge in [-0.25, -0.2) is 4.98 Å². The van der Waals surface area contributed by atoms with Crippen LogP contribution in [0.3, 0.4) is 0 Å². The SMILES string of the molecule is CN(C)CCSc1ncc(C(=O)c2ccc(Cl)cc2)n1C. The van der Waals surface area contributed by atoms with Gasteiger partial charge in [-0.3, -0.25) is 4.79 Å².